The van der Waals surface area contributed by atoms with Crippen LogP contribution in [-0.4, -0.2) is 29.1 Å². The molecule has 6 heteroatoms. The Morgan fingerprint density at radius 3 is 2.68 bits per heavy atom. The Morgan fingerprint density at radius 2 is 2.11 bits per heavy atom. The van der Waals surface area contributed by atoms with Crippen LogP contribution in [0.1, 0.15) is 20.9 Å². The van der Waals surface area contributed by atoms with Gasteiger partial charge in [0.05, 0.1) is 12.8 Å². The van der Waals surface area contributed by atoms with Gasteiger partial charge in [0, 0.05) is 6.54 Å². The number of amides is 1. The van der Waals surface area contributed by atoms with Gasteiger partial charge >= 0.3 is 0 Å². The number of ether oxygens (including phenoxy) is 1. The number of hydrogen-bond donors (Lipinski definition) is 1. The van der Waals surface area contributed by atoms with Crippen LogP contribution in [0, 0.1) is 6.92 Å². The van der Waals surface area contributed by atoms with Crippen LogP contribution in [0.3, 0.4) is 0 Å². The summed E-state index contributed by atoms with van der Waals surface area (Å²) in [5, 5.41) is 6.68. The number of rotatable bonds is 5. The van der Waals surface area contributed by atoms with Gasteiger partial charge in [-0.25, -0.2) is 0 Å². The molecule has 1 aromatic heterocycles. The van der Waals surface area contributed by atoms with Crippen molar-refractivity contribution in [3.63, 3.8) is 0 Å². The fourth-order valence-electron chi connectivity index (χ4n) is 1.63. The van der Waals surface area contributed by atoms with Crippen LogP contribution >= 0.6 is 11.5 Å². The van der Waals surface area contributed by atoms with E-state index in [4.69, 9.17) is 4.74 Å². The number of nitrogens with one attached hydrogen (secondary N) is 1. The number of aromatic nitrogens is 2. The summed E-state index contributed by atoms with van der Waals surface area (Å²) in [4.78, 5) is 12.4. The maximum Gasteiger partial charge on any atom is 0.264 e. The molecular weight excluding hydrogens is 262 g/mol. The normalized spacial score (nSPS) is 10.2. The van der Waals surface area contributed by atoms with Crippen molar-refractivity contribution in [2.24, 2.45) is 0 Å². The molecule has 0 aliphatic carbocycles. The molecule has 0 saturated heterocycles. The SMILES string of the molecule is COc1ccc(CCNC(=O)c2snnc2C)cc1. The largest absolute Gasteiger partial charge is 0.497 e. The van der Waals surface area contributed by atoms with E-state index in [-0.39, 0.29) is 5.91 Å². The molecular formula is C13H15N3O2S. The minimum Gasteiger partial charge on any atom is -0.497 e. The summed E-state index contributed by atoms with van der Waals surface area (Å²) < 4.78 is 8.84. The predicted molar refractivity (Wildman–Crippen MR) is 73.7 cm³/mol. The maximum atomic E-state index is 11.8. The average molecular weight is 277 g/mol. The van der Waals surface area contributed by atoms with E-state index in [1.165, 1.54) is 0 Å². The third-order valence-electron chi connectivity index (χ3n) is 2.72. The summed E-state index contributed by atoms with van der Waals surface area (Å²) in [6.45, 7) is 2.37. The van der Waals surface area contributed by atoms with Gasteiger partial charge in [-0.3, -0.25) is 4.79 Å². The first-order valence-electron chi connectivity index (χ1n) is 5.91. The molecule has 1 N–H and O–H groups in total. The van der Waals surface area contributed by atoms with Crippen molar-refractivity contribution in [3.05, 3.63) is 40.4 Å². The smallest absolute Gasteiger partial charge is 0.264 e. The summed E-state index contributed by atoms with van der Waals surface area (Å²) >= 11 is 1.12. The number of nitrogens with zero attached hydrogens (tertiary/aromatic N) is 2. The molecule has 0 bridgehead atoms. The quantitative estimate of drug-likeness (QED) is 0.905. The Morgan fingerprint density at radius 1 is 1.37 bits per heavy atom. The summed E-state index contributed by atoms with van der Waals surface area (Å²) in [6, 6.07) is 7.80. The minimum atomic E-state index is -0.110. The van der Waals surface area contributed by atoms with E-state index in [0.29, 0.717) is 17.1 Å². The van der Waals surface area contributed by atoms with Crippen molar-refractivity contribution in [1.82, 2.24) is 14.9 Å². The number of benzene rings is 1. The van der Waals surface area contributed by atoms with Crippen LogP contribution < -0.4 is 10.1 Å². The summed E-state index contributed by atoms with van der Waals surface area (Å²) in [6.07, 6.45) is 0.779. The first-order valence-corrected chi connectivity index (χ1v) is 6.68. The molecule has 5 nitrogen and oxygen atoms in total. The molecule has 0 atom stereocenters. The van der Waals surface area contributed by atoms with Gasteiger partial charge in [-0.15, -0.1) is 5.10 Å². The fraction of sp³-hybridized carbons (Fsp3) is 0.308. The van der Waals surface area contributed by atoms with E-state index >= 15 is 0 Å². The molecule has 0 saturated carbocycles. The fourth-order valence-corrected chi connectivity index (χ4v) is 2.21. The van der Waals surface area contributed by atoms with Gasteiger partial charge in [0.25, 0.3) is 5.91 Å². The van der Waals surface area contributed by atoms with Crippen LogP contribution in [0.2, 0.25) is 0 Å². The van der Waals surface area contributed by atoms with Gasteiger partial charge < -0.3 is 10.1 Å². The van der Waals surface area contributed by atoms with Gasteiger partial charge in [-0.1, -0.05) is 16.6 Å². The zero-order valence-corrected chi connectivity index (χ0v) is 11.7. The summed E-state index contributed by atoms with van der Waals surface area (Å²) in [5.41, 5.74) is 1.83. The van der Waals surface area contributed by atoms with Gasteiger partial charge in [-0.05, 0) is 42.6 Å². The number of methoxy groups -OCH3 is 1. The lowest BCUT2D eigenvalue weighted by atomic mass is 10.1. The molecule has 0 fully saturated rings. The van der Waals surface area contributed by atoms with Crippen LogP contribution in [0.5, 0.6) is 5.75 Å². The zero-order valence-electron chi connectivity index (χ0n) is 10.8. The molecule has 0 radical (unpaired) electrons. The second-order valence-electron chi connectivity index (χ2n) is 4.04. The molecule has 0 aliphatic rings. The summed E-state index contributed by atoms with van der Waals surface area (Å²) in [7, 11) is 1.64. The van der Waals surface area contributed by atoms with E-state index < -0.39 is 0 Å². The van der Waals surface area contributed by atoms with Crippen molar-refractivity contribution in [3.8, 4) is 5.75 Å². The van der Waals surface area contributed by atoms with E-state index in [1.807, 2.05) is 24.3 Å². The van der Waals surface area contributed by atoms with Crippen molar-refractivity contribution < 1.29 is 9.53 Å². The molecule has 1 heterocycles. The molecule has 0 unspecified atom stereocenters. The molecule has 1 amide bonds. The Hall–Kier alpha value is -1.95. The minimum absolute atomic E-state index is 0.110. The highest BCUT2D eigenvalue weighted by Crippen LogP contribution is 2.12. The molecule has 19 heavy (non-hydrogen) atoms. The van der Waals surface area contributed by atoms with Gasteiger partial charge in [0.15, 0.2) is 0 Å². The lowest BCUT2D eigenvalue weighted by molar-refractivity contribution is 0.0957. The number of aryl methyl sites for hydroxylation is 1. The van der Waals surface area contributed by atoms with Gasteiger partial charge in [-0.2, -0.15) is 0 Å². The maximum absolute atomic E-state index is 11.8. The van der Waals surface area contributed by atoms with Crippen LogP contribution in [0.15, 0.2) is 24.3 Å². The number of hydrogen-bond acceptors (Lipinski definition) is 5. The van der Waals surface area contributed by atoms with Crippen molar-refractivity contribution in [1.29, 1.82) is 0 Å². The standard InChI is InChI=1S/C13H15N3O2S/c1-9-12(19-16-15-9)13(17)14-8-7-10-3-5-11(18-2)6-4-10/h3-6H,7-8H2,1-2H3,(H,14,17). The van der Waals surface area contributed by atoms with E-state index in [0.717, 1.165) is 29.3 Å². The highest BCUT2D eigenvalue weighted by Gasteiger charge is 2.11. The first-order chi connectivity index (χ1) is 9.20. The van der Waals surface area contributed by atoms with Gasteiger partial charge in [0.2, 0.25) is 0 Å². The highest BCUT2D eigenvalue weighted by molar-refractivity contribution is 7.07. The molecule has 2 aromatic rings. The second-order valence-corrected chi connectivity index (χ2v) is 4.80. The Balaban J connectivity index is 1.83. The monoisotopic (exact) mass is 277 g/mol. The Labute approximate surface area is 115 Å². The summed E-state index contributed by atoms with van der Waals surface area (Å²) in [5.74, 6) is 0.722. The molecule has 100 valence electrons. The van der Waals surface area contributed by atoms with E-state index in [9.17, 15) is 4.79 Å². The topological polar surface area (TPSA) is 64.1 Å². The molecule has 2 rings (SSSR count). The zero-order chi connectivity index (χ0) is 13.7. The van der Waals surface area contributed by atoms with E-state index in [1.54, 1.807) is 14.0 Å². The highest BCUT2D eigenvalue weighted by atomic mass is 32.1. The predicted octanol–water partition coefficient (Wildman–Crippen LogP) is 1.83. The van der Waals surface area contributed by atoms with Crippen LogP contribution in [-0.2, 0) is 6.42 Å². The van der Waals surface area contributed by atoms with Crippen molar-refractivity contribution in [2.45, 2.75) is 13.3 Å². The molecule has 1 aromatic carbocycles. The third-order valence-corrected chi connectivity index (χ3v) is 3.54. The molecule has 0 aliphatic heterocycles. The molecule has 0 spiro atoms. The van der Waals surface area contributed by atoms with Crippen molar-refractivity contribution >= 4 is 17.4 Å². The number of carbonyl (C=O) groups excluding carboxylic acids is 1. The number of carbonyl (C=O) groups is 1. The third kappa shape index (κ3) is 3.51. The average Bonchev–Trinajstić information content (AvgIpc) is 2.86. The Bertz CT molecular complexity index is 551. The lowest BCUT2D eigenvalue weighted by Crippen LogP contribution is -2.25. The van der Waals surface area contributed by atoms with Crippen LogP contribution in [0.4, 0.5) is 0 Å². The van der Waals surface area contributed by atoms with Crippen LogP contribution in [0.25, 0.3) is 0 Å². The van der Waals surface area contributed by atoms with Gasteiger partial charge in [0.1, 0.15) is 10.6 Å². The van der Waals surface area contributed by atoms with E-state index in [2.05, 4.69) is 14.9 Å². The first kappa shape index (κ1) is 13.5. The lowest BCUT2D eigenvalue weighted by Gasteiger charge is -2.05. The Kier molecular flexibility index (Phi) is 4.46. The second kappa shape index (κ2) is 6.29. The van der Waals surface area contributed by atoms with Crippen molar-refractivity contribution in [2.75, 3.05) is 13.7 Å².